The van der Waals surface area contributed by atoms with Crippen molar-refractivity contribution in [2.45, 2.75) is 39.3 Å². The van der Waals surface area contributed by atoms with Crippen molar-refractivity contribution in [3.05, 3.63) is 35.1 Å². The number of halogens is 1. The summed E-state index contributed by atoms with van der Waals surface area (Å²) < 4.78 is 13.5. The number of benzene rings is 1. The standard InChI is InChI=1S/C15H21FN2O/c1-3-12(4-2)15(19)10-18-9-13-7-11(8-17)5-6-14(13)16/h5-7,12,15,18-19H,3-4,9-10H2,1-2H3. The van der Waals surface area contributed by atoms with Crippen LogP contribution in [-0.4, -0.2) is 17.8 Å². The molecule has 0 bridgehead atoms. The molecular formula is C15H21FN2O. The summed E-state index contributed by atoms with van der Waals surface area (Å²) >= 11 is 0. The second-order valence-corrected chi connectivity index (χ2v) is 4.69. The van der Waals surface area contributed by atoms with Gasteiger partial charge in [-0.25, -0.2) is 4.39 Å². The Hall–Kier alpha value is -1.44. The normalized spacial score (nSPS) is 12.4. The van der Waals surface area contributed by atoms with Gasteiger partial charge in [0.05, 0.1) is 17.7 Å². The van der Waals surface area contributed by atoms with Crippen LogP contribution in [0.2, 0.25) is 0 Å². The molecule has 0 aromatic heterocycles. The van der Waals surface area contributed by atoms with Crippen LogP contribution in [0.5, 0.6) is 0 Å². The molecule has 0 spiro atoms. The fourth-order valence-corrected chi connectivity index (χ4v) is 2.13. The highest BCUT2D eigenvalue weighted by Gasteiger charge is 2.15. The van der Waals surface area contributed by atoms with Gasteiger partial charge in [-0.3, -0.25) is 0 Å². The maximum atomic E-state index is 13.5. The fourth-order valence-electron chi connectivity index (χ4n) is 2.13. The summed E-state index contributed by atoms with van der Waals surface area (Å²) in [6.45, 7) is 4.85. The number of aliphatic hydroxyl groups is 1. The third-order valence-electron chi connectivity index (χ3n) is 3.44. The van der Waals surface area contributed by atoms with Gasteiger partial charge in [-0.05, 0) is 24.1 Å². The van der Waals surface area contributed by atoms with Crippen LogP contribution in [0.1, 0.15) is 37.8 Å². The summed E-state index contributed by atoms with van der Waals surface area (Å²) in [4.78, 5) is 0. The lowest BCUT2D eigenvalue weighted by atomic mass is 9.96. The molecule has 0 aliphatic rings. The highest BCUT2D eigenvalue weighted by atomic mass is 19.1. The van der Waals surface area contributed by atoms with Crippen molar-refractivity contribution in [2.24, 2.45) is 5.92 Å². The Morgan fingerprint density at radius 3 is 2.63 bits per heavy atom. The van der Waals surface area contributed by atoms with E-state index in [4.69, 9.17) is 5.26 Å². The summed E-state index contributed by atoms with van der Waals surface area (Å²) in [6.07, 6.45) is 1.44. The molecule has 1 aromatic carbocycles. The minimum atomic E-state index is -0.419. The van der Waals surface area contributed by atoms with Gasteiger partial charge in [0, 0.05) is 18.7 Å². The molecule has 0 aliphatic heterocycles. The molecule has 1 rings (SSSR count). The summed E-state index contributed by atoms with van der Waals surface area (Å²) in [5, 5.41) is 21.8. The van der Waals surface area contributed by atoms with Gasteiger partial charge in [0.1, 0.15) is 5.82 Å². The van der Waals surface area contributed by atoms with Crippen molar-refractivity contribution in [1.82, 2.24) is 5.32 Å². The highest BCUT2D eigenvalue weighted by molar-refractivity contribution is 5.33. The van der Waals surface area contributed by atoms with E-state index < -0.39 is 6.10 Å². The molecule has 0 saturated carbocycles. The van der Waals surface area contributed by atoms with Gasteiger partial charge in [-0.2, -0.15) is 5.26 Å². The minimum Gasteiger partial charge on any atom is -0.392 e. The third kappa shape index (κ3) is 4.62. The van der Waals surface area contributed by atoms with Gasteiger partial charge >= 0.3 is 0 Å². The van der Waals surface area contributed by atoms with E-state index in [1.807, 2.05) is 19.9 Å². The van der Waals surface area contributed by atoms with Crippen LogP contribution in [-0.2, 0) is 6.54 Å². The number of nitrogens with zero attached hydrogens (tertiary/aromatic N) is 1. The monoisotopic (exact) mass is 264 g/mol. The molecule has 0 aliphatic carbocycles. The molecule has 1 aromatic rings. The number of nitrogens with one attached hydrogen (secondary N) is 1. The zero-order valence-corrected chi connectivity index (χ0v) is 11.5. The van der Waals surface area contributed by atoms with Crippen LogP contribution in [0.3, 0.4) is 0 Å². The van der Waals surface area contributed by atoms with Crippen molar-refractivity contribution >= 4 is 0 Å². The molecule has 0 fully saturated rings. The van der Waals surface area contributed by atoms with E-state index in [0.29, 0.717) is 24.2 Å². The van der Waals surface area contributed by atoms with E-state index in [1.54, 1.807) is 0 Å². The largest absolute Gasteiger partial charge is 0.392 e. The van der Waals surface area contributed by atoms with Gasteiger partial charge in [-0.1, -0.05) is 26.7 Å². The first-order valence-electron chi connectivity index (χ1n) is 6.69. The van der Waals surface area contributed by atoms with Crippen molar-refractivity contribution in [1.29, 1.82) is 5.26 Å². The maximum absolute atomic E-state index is 13.5. The number of hydrogen-bond donors (Lipinski definition) is 2. The molecule has 2 N–H and O–H groups in total. The topological polar surface area (TPSA) is 56.0 Å². The second kappa shape index (κ2) is 7.88. The van der Waals surface area contributed by atoms with Gasteiger partial charge in [0.2, 0.25) is 0 Å². The van der Waals surface area contributed by atoms with Gasteiger partial charge in [0.15, 0.2) is 0 Å². The lowest BCUT2D eigenvalue weighted by Gasteiger charge is -2.20. The van der Waals surface area contributed by atoms with Crippen LogP contribution < -0.4 is 5.32 Å². The third-order valence-corrected chi connectivity index (χ3v) is 3.44. The molecule has 1 atom stereocenters. The zero-order chi connectivity index (χ0) is 14.3. The van der Waals surface area contributed by atoms with E-state index in [0.717, 1.165) is 12.8 Å². The zero-order valence-electron chi connectivity index (χ0n) is 11.5. The molecular weight excluding hydrogens is 243 g/mol. The number of rotatable bonds is 7. The number of nitriles is 1. The number of aliphatic hydroxyl groups excluding tert-OH is 1. The van der Waals surface area contributed by atoms with E-state index in [9.17, 15) is 9.50 Å². The van der Waals surface area contributed by atoms with Crippen LogP contribution >= 0.6 is 0 Å². The van der Waals surface area contributed by atoms with Crippen molar-refractivity contribution in [3.8, 4) is 6.07 Å². The molecule has 3 nitrogen and oxygen atoms in total. The van der Waals surface area contributed by atoms with Crippen LogP contribution in [0, 0.1) is 23.1 Å². The molecule has 0 radical (unpaired) electrons. The first-order valence-corrected chi connectivity index (χ1v) is 6.69. The maximum Gasteiger partial charge on any atom is 0.127 e. The molecule has 4 heteroatoms. The summed E-state index contributed by atoms with van der Waals surface area (Å²) in [7, 11) is 0. The van der Waals surface area contributed by atoms with Crippen LogP contribution in [0.25, 0.3) is 0 Å². The predicted molar refractivity (Wildman–Crippen MR) is 72.9 cm³/mol. The van der Waals surface area contributed by atoms with E-state index >= 15 is 0 Å². The Morgan fingerprint density at radius 2 is 2.05 bits per heavy atom. The average Bonchev–Trinajstić information content (AvgIpc) is 2.42. The summed E-state index contributed by atoms with van der Waals surface area (Å²) in [5.74, 6) is -0.0636. The van der Waals surface area contributed by atoms with Crippen LogP contribution in [0.15, 0.2) is 18.2 Å². The molecule has 1 unspecified atom stereocenters. The van der Waals surface area contributed by atoms with E-state index in [2.05, 4.69) is 5.32 Å². The minimum absolute atomic E-state index is 0.266. The van der Waals surface area contributed by atoms with Gasteiger partial charge in [0.25, 0.3) is 0 Å². The Balaban J connectivity index is 2.51. The molecule has 19 heavy (non-hydrogen) atoms. The van der Waals surface area contributed by atoms with E-state index in [-0.39, 0.29) is 11.7 Å². The van der Waals surface area contributed by atoms with Gasteiger partial charge in [-0.15, -0.1) is 0 Å². The molecule has 104 valence electrons. The van der Waals surface area contributed by atoms with Crippen molar-refractivity contribution < 1.29 is 9.50 Å². The second-order valence-electron chi connectivity index (χ2n) is 4.69. The smallest absolute Gasteiger partial charge is 0.127 e. The van der Waals surface area contributed by atoms with Crippen LogP contribution in [0.4, 0.5) is 4.39 Å². The Kier molecular flexibility index (Phi) is 6.48. The van der Waals surface area contributed by atoms with Crippen molar-refractivity contribution in [3.63, 3.8) is 0 Å². The molecule has 0 saturated heterocycles. The SMILES string of the molecule is CCC(CC)C(O)CNCc1cc(C#N)ccc1F. The highest BCUT2D eigenvalue weighted by Crippen LogP contribution is 2.13. The first kappa shape index (κ1) is 15.6. The summed E-state index contributed by atoms with van der Waals surface area (Å²) in [6, 6.07) is 6.27. The lowest BCUT2D eigenvalue weighted by molar-refractivity contribution is 0.101. The fraction of sp³-hybridized carbons (Fsp3) is 0.533. The van der Waals surface area contributed by atoms with Crippen molar-refractivity contribution in [2.75, 3.05) is 6.54 Å². The first-order chi connectivity index (χ1) is 9.12. The number of hydrogen-bond acceptors (Lipinski definition) is 3. The Labute approximate surface area is 114 Å². The van der Waals surface area contributed by atoms with Gasteiger partial charge < -0.3 is 10.4 Å². The molecule has 0 heterocycles. The molecule has 0 amide bonds. The van der Waals surface area contributed by atoms with E-state index in [1.165, 1.54) is 18.2 Å². The predicted octanol–water partition coefficient (Wildman–Crippen LogP) is 2.58. The Morgan fingerprint density at radius 1 is 1.37 bits per heavy atom. The quantitative estimate of drug-likeness (QED) is 0.796. The Bertz CT molecular complexity index is 438. The lowest BCUT2D eigenvalue weighted by Crippen LogP contribution is -2.32. The summed E-state index contributed by atoms with van der Waals surface area (Å²) in [5.41, 5.74) is 0.898. The average molecular weight is 264 g/mol.